The molecule has 0 spiro atoms. The number of hydrogen-bond acceptors (Lipinski definition) is 3. The first-order chi connectivity index (χ1) is 9.40. The molecule has 3 atom stereocenters. The molecule has 3 unspecified atom stereocenters. The number of carbonyl (C=O) groups is 1. The van der Waals surface area contributed by atoms with E-state index in [0.717, 1.165) is 12.8 Å². The number of nitrogens with one attached hydrogen (secondary N) is 1. The molecule has 1 aromatic rings. The molecule has 1 aliphatic rings. The molecule has 20 heavy (non-hydrogen) atoms. The molecule has 2 rings (SSSR count). The molecule has 0 aliphatic carbocycles. The first kappa shape index (κ1) is 14.8. The zero-order valence-corrected chi connectivity index (χ0v) is 12.2. The monoisotopic (exact) mass is 279 g/mol. The predicted octanol–water partition coefficient (Wildman–Crippen LogP) is 2.61. The fourth-order valence-electron chi connectivity index (χ4n) is 2.99. The van der Waals surface area contributed by atoms with Crippen LogP contribution in [0.4, 0.5) is 15.8 Å². The molecule has 110 valence electrons. The molecule has 3 N–H and O–H groups in total. The molecule has 0 aromatic heterocycles. The second kappa shape index (κ2) is 5.79. The summed E-state index contributed by atoms with van der Waals surface area (Å²) in [5.74, 6) is -0.562. The van der Waals surface area contributed by atoms with Crippen molar-refractivity contribution in [3.63, 3.8) is 0 Å². The molecule has 5 heteroatoms. The van der Waals surface area contributed by atoms with Crippen molar-refractivity contribution in [3.05, 3.63) is 24.0 Å². The first-order valence-electron chi connectivity index (χ1n) is 7.03. The minimum absolute atomic E-state index is 0.150. The fourth-order valence-corrected chi connectivity index (χ4v) is 2.99. The summed E-state index contributed by atoms with van der Waals surface area (Å²) in [7, 11) is 0. The van der Waals surface area contributed by atoms with Gasteiger partial charge in [-0.15, -0.1) is 0 Å². The molecule has 0 radical (unpaired) electrons. The van der Waals surface area contributed by atoms with Gasteiger partial charge in [0.1, 0.15) is 5.82 Å². The van der Waals surface area contributed by atoms with Gasteiger partial charge in [0.05, 0.1) is 17.4 Å². The third-order valence-electron chi connectivity index (χ3n) is 4.12. The normalized spacial score (nSPS) is 24.6. The number of amides is 1. The number of nitrogens with zero attached hydrogens (tertiary/aromatic N) is 1. The molecule has 1 amide bonds. The van der Waals surface area contributed by atoms with Crippen LogP contribution in [0.15, 0.2) is 18.2 Å². The van der Waals surface area contributed by atoms with E-state index < -0.39 is 5.82 Å². The zero-order valence-electron chi connectivity index (χ0n) is 12.2. The number of nitrogens with two attached hydrogens (primary N) is 1. The van der Waals surface area contributed by atoms with Gasteiger partial charge in [0, 0.05) is 12.1 Å². The van der Waals surface area contributed by atoms with Crippen LogP contribution >= 0.6 is 0 Å². The summed E-state index contributed by atoms with van der Waals surface area (Å²) in [5, 5.41) is 2.72. The highest BCUT2D eigenvalue weighted by atomic mass is 19.1. The average molecular weight is 279 g/mol. The van der Waals surface area contributed by atoms with Gasteiger partial charge in [-0.05, 0) is 51.8 Å². The van der Waals surface area contributed by atoms with Crippen molar-refractivity contribution in [3.8, 4) is 0 Å². The Kier molecular flexibility index (Phi) is 4.28. The molecule has 1 fully saturated rings. The Balaban J connectivity index is 2.09. The average Bonchev–Trinajstić information content (AvgIpc) is 2.72. The van der Waals surface area contributed by atoms with Gasteiger partial charge >= 0.3 is 0 Å². The van der Waals surface area contributed by atoms with Crippen LogP contribution in [0, 0.1) is 5.82 Å². The highest BCUT2D eigenvalue weighted by molar-refractivity contribution is 5.97. The number of likely N-dealkylation sites (tertiary alicyclic amines) is 1. The van der Waals surface area contributed by atoms with Crippen LogP contribution in [-0.4, -0.2) is 28.9 Å². The maximum absolute atomic E-state index is 13.2. The molecule has 1 aliphatic heterocycles. The number of halogens is 1. The molecule has 0 bridgehead atoms. The lowest BCUT2D eigenvalue weighted by molar-refractivity contribution is -0.121. The van der Waals surface area contributed by atoms with Crippen LogP contribution in [0.25, 0.3) is 0 Å². The van der Waals surface area contributed by atoms with E-state index in [1.165, 1.54) is 18.2 Å². The van der Waals surface area contributed by atoms with Gasteiger partial charge in [-0.1, -0.05) is 0 Å². The molecular formula is C15H22FN3O. The van der Waals surface area contributed by atoms with E-state index >= 15 is 0 Å². The van der Waals surface area contributed by atoms with Crippen LogP contribution in [0.2, 0.25) is 0 Å². The van der Waals surface area contributed by atoms with Crippen LogP contribution in [0.3, 0.4) is 0 Å². The first-order valence-corrected chi connectivity index (χ1v) is 7.03. The van der Waals surface area contributed by atoms with Crippen LogP contribution < -0.4 is 11.1 Å². The number of rotatable bonds is 3. The maximum atomic E-state index is 13.2. The topological polar surface area (TPSA) is 58.4 Å². The van der Waals surface area contributed by atoms with E-state index in [2.05, 4.69) is 24.1 Å². The molecular weight excluding hydrogens is 257 g/mol. The Morgan fingerprint density at radius 1 is 1.40 bits per heavy atom. The summed E-state index contributed by atoms with van der Waals surface area (Å²) >= 11 is 0. The maximum Gasteiger partial charge on any atom is 0.241 e. The van der Waals surface area contributed by atoms with Crippen molar-refractivity contribution in [1.82, 2.24) is 4.90 Å². The van der Waals surface area contributed by atoms with E-state index in [-0.39, 0.29) is 11.9 Å². The van der Waals surface area contributed by atoms with E-state index in [1.54, 1.807) is 0 Å². The summed E-state index contributed by atoms with van der Waals surface area (Å²) in [5.41, 5.74) is 6.46. The zero-order chi connectivity index (χ0) is 14.9. The number of hydrogen-bond donors (Lipinski definition) is 2. The molecule has 1 aromatic carbocycles. The third-order valence-corrected chi connectivity index (χ3v) is 4.12. The summed E-state index contributed by atoms with van der Waals surface area (Å²) in [6, 6.07) is 4.49. The van der Waals surface area contributed by atoms with Gasteiger partial charge in [0.25, 0.3) is 0 Å². The Morgan fingerprint density at radius 3 is 2.60 bits per heavy atom. The molecule has 1 saturated heterocycles. The van der Waals surface area contributed by atoms with Crippen LogP contribution in [0.5, 0.6) is 0 Å². The number of benzene rings is 1. The number of carbonyl (C=O) groups excluding carboxylic acids is 1. The predicted molar refractivity (Wildman–Crippen MR) is 78.9 cm³/mol. The van der Waals surface area contributed by atoms with Crippen molar-refractivity contribution in [2.45, 2.75) is 51.7 Å². The van der Waals surface area contributed by atoms with Crippen molar-refractivity contribution < 1.29 is 9.18 Å². The van der Waals surface area contributed by atoms with Crippen molar-refractivity contribution in [2.75, 3.05) is 11.1 Å². The van der Waals surface area contributed by atoms with Gasteiger partial charge in [-0.3, -0.25) is 9.69 Å². The van der Waals surface area contributed by atoms with Gasteiger partial charge in [-0.2, -0.15) is 0 Å². The number of anilines is 2. The van der Waals surface area contributed by atoms with Gasteiger partial charge in [-0.25, -0.2) is 4.39 Å². The van der Waals surface area contributed by atoms with E-state index in [4.69, 9.17) is 5.73 Å². The van der Waals surface area contributed by atoms with Gasteiger partial charge < -0.3 is 11.1 Å². The summed E-state index contributed by atoms with van der Waals surface area (Å²) < 4.78 is 13.2. The van der Waals surface area contributed by atoms with Gasteiger partial charge in [0.2, 0.25) is 5.91 Å². The lowest BCUT2D eigenvalue weighted by Gasteiger charge is -2.31. The fraction of sp³-hybridized carbons (Fsp3) is 0.533. The third kappa shape index (κ3) is 2.93. The Hall–Kier alpha value is -1.62. The summed E-state index contributed by atoms with van der Waals surface area (Å²) in [6.07, 6.45) is 2.20. The van der Waals surface area contributed by atoms with E-state index in [0.29, 0.717) is 23.5 Å². The molecule has 0 saturated carbocycles. The van der Waals surface area contributed by atoms with E-state index in [9.17, 15) is 9.18 Å². The highest BCUT2D eigenvalue weighted by Gasteiger charge is 2.34. The van der Waals surface area contributed by atoms with Crippen LogP contribution in [0.1, 0.15) is 33.6 Å². The Bertz CT molecular complexity index is 496. The number of nitrogen functional groups attached to an aromatic ring is 1. The molecule has 4 nitrogen and oxygen atoms in total. The molecule has 1 heterocycles. The largest absolute Gasteiger partial charge is 0.397 e. The lowest BCUT2D eigenvalue weighted by Crippen LogP contribution is -2.46. The van der Waals surface area contributed by atoms with Crippen molar-refractivity contribution in [1.29, 1.82) is 0 Å². The van der Waals surface area contributed by atoms with E-state index in [1.807, 2.05) is 6.92 Å². The smallest absolute Gasteiger partial charge is 0.241 e. The van der Waals surface area contributed by atoms with Gasteiger partial charge in [0.15, 0.2) is 0 Å². The van der Waals surface area contributed by atoms with Crippen molar-refractivity contribution >= 4 is 17.3 Å². The lowest BCUT2D eigenvalue weighted by atomic mass is 10.2. The minimum atomic E-state index is -0.412. The quantitative estimate of drug-likeness (QED) is 0.836. The minimum Gasteiger partial charge on any atom is -0.397 e. The highest BCUT2D eigenvalue weighted by Crippen LogP contribution is 2.27. The van der Waals surface area contributed by atoms with Crippen LogP contribution in [-0.2, 0) is 4.79 Å². The van der Waals surface area contributed by atoms with Crippen molar-refractivity contribution in [2.24, 2.45) is 0 Å². The Morgan fingerprint density at radius 2 is 2.00 bits per heavy atom. The SMILES string of the molecule is CC1CCC(C)N1C(C)C(=O)Nc1cc(F)ccc1N. The summed E-state index contributed by atoms with van der Waals surface area (Å²) in [4.78, 5) is 14.5. The Labute approximate surface area is 119 Å². The standard InChI is InChI=1S/C15H22FN3O/c1-9-4-5-10(2)19(9)11(3)15(20)18-14-8-12(16)6-7-13(14)17/h6-11H,4-5,17H2,1-3H3,(H,18,20). The second-order valence-electron chi connectivity index (χ2n) is 5.62. The second-order valence-corrected chi connectivity index (χ2v) is 5.62. The summed E-state index contributed by atoms with van der Waals surface area (Å²) in [6.45, 7) is 6.14.